The van der Waals surface area contributed by atoms with Gasteiger partial charge < -0.3 is 24.1 Å². The van der Waals surface area contributed by atoms with Gasteiger partial charge in [0.2, 0.25) is 0 Å². The Bertz CT molecular complexity index is 4490. The van der Waals surface area contributed by atoms with Gasteiger partial charge in [0.05, 0.1) is 61.4 Å². The van der Waals surface area contributed by atoms with E-state index in [4.69, 9.17) is 18.9 Å². The maximum atomic E-state index is 13.2. The van der Waals surface area contributed by atoms with Gasteiger partial charge in [-0.3, -0.25) is 48.2 Å². The summed E-state index contributed by atoms with van der Waals surface area (Å²) in [6, 6.07) is 53.1. The molecule has 0 radical (unpaired) electrons. The molecule has 0 fully saturated rings. The predicted molar refractivity (Wildman–Crippen MR) is 333 cm³/mol. The summed E-state index contributed by atoms with van der Waals surface area (Å²) in [4.78, 5) is 117. The van der Waals surface area contributed by atoms with Crippen LogP contribution in [0.2, 0.25) is 0 Å². The molecule has 0 unspecified atom stereocenters. The van der Waals surface area contributed by atoms with Crippen molar-refractivity contribution >= 4 is 64.6 Å². The molecule has 90 heavy (non-hydrogen) atoms. The topological polar surface area (TPSA) is 224 Å². The lowest BCUT2D eigenvalue weighted by Crippen LogP contribution is -2.29. The van der Waals surface area contributed by atoms with Crippen molar-refractivity contribution in [1.29, 1.82) is 0 Å². The van der Waals surface area contributed by atoms with Crippen LogP contribution in [0.4, 0.5) is 11.4 Å². The summed E-state index contributed by atoms with van der Waals surface area (Å²) in [5, 5.41) is 9.31. The van der Waals surface area contributed by atoms with Crippen molar-refractivity contribution in [1.82, 2.24) is 9.80 Å². The average Bonchev–Trinajstić information content (AvgIpc) is 3.38. The fourth-order valence-corrected chi connectivity index (χ4v) is 10.3. The third-order valence-corrected chi connectivity index (χ3v) is 15.2. The highest BCUT2D eigenvalue weighted by molar-refractivity contribution is 6.35. The number of carbonyl (C=O) groups is 9. The molecule has 0 aromatic heterocycles. The number of nitrogens with zero attached hydrogens (tertiary/aromatic N) is 4. The van der Waals surface area contributed by atoms with Gasteiger partial charge in [-0.25, -0.2) is 14.6 Å². The molecule has 4 aliphatic heterocycles. The fourth-order valence-electron chi connectivity index (χ4n) is 10.3. The van der Waals surface area contributed by atoms with Crippen LogP contribution in [0.1, 0.15) is 136 Å². The van der Waals surface area contributed by atoms with E-state index in [1.54, 1.807) is 49.4 Å². The van der Waals surface area contributed by atoms with Gasteiger partial charge in [0.25, 0.3) is 47.3 Å². The van der Waals surface area contributed by atoms with Crippen molar-refractivity contribution < 1.29 is 67.2 Å². The first-order chi connectivity index (χ1) is 42.9. The van der Waals surface area contributed by atoms with E-state index in [1.165, 1.54) is 98.0 Å². The van der Waals surface area contributed by atoms with Gasteiger partial charge >= 0.3 is 5.97 Å². The molecular formula is C72H56N4O14. The Morgan fingerprint density at radius 3 is 0.978 bits per heavy atom. The van der Waals surface area contributed by atoms with E-state index in [9.17, 15) is 48.3 Å². The van der Waals surface area contributed by atoms with Crippen molar-refractivity contribution in [3.05, 3.63) is 260 Å². The Morgan fingerprint density at radius 1 is 0.322 bits per heavy atom. The monoisotopic (exact) mass is 1200 g/mol. The number of hydrogen-bond donors (Lipinski definition) is 1. The van der Waals surface area contributed by atoms with E-state index in [1.807, 2.05) is 55.5 Å². The summed E-state index contributed by atoms with van der Waals surface area (Å²) >= 11 is 0. The number of carbonyl (C=O) groups excluding carboxylic acids is 8. The molecule has 448 valence electrons. The van der Waals surface area contributed by atoms with Crippen molar-refractivity contribution in [2.75, 3.05) is 23.9 Å². The van der Waals surface area contributed by atoms with E-state index in [-0.39, 0.29) is 73.0 Å². The number of aryl methyl sites for hydroxylation is 3. The molecular weight excluding hydrogens is 1140 g/mol. The standard InChI is InChI=1S/C30H20N2O6.C25H16N2O7.C17H20O/c1-17-3-7-19(8-4-17)37-20-9-5-18(6-10-20)32-29(35)24-14-12-22(16-26(24)30(32)36)38-21-11-13-23-25(15-21)28(34)31(2)27(23)33;1-12-7-13(25(32)33)9-14(8-12)27-23(30)18-6-4-16(11-20(18)24(27)31)34-15-3-5-17-19(10-15)22(29)26(2)21(17)28;1-13-5-9-15(10-6-13)18-16-11-7-14(8-12-16)17(2,3)4/h3-16H,1-2H3;3-11H,1-2H3,(H,32,33);5-12H,1-4H3. The molecule has 0 saturated heterocycles. The van der Waals surface area contributed by atoms with E-state index >= 15 is 0 Å². The van der Waals surface area contributed by atoms with Crippen LogP contribution < -0.4 is 28.7 Å². The molecule has 8 amide bonds. The van der Waals surface area contributed by atoms with Crippen LogP contribution in [-0.2, 0) is 5.41 Å². The SMILES string of the molecule is Cc1cc(C(=O)O)cc(N2C(=O)c3ccc(Oc4ccc5c(c4)C(=O)N(C)C5=O)cc3C2=O)c1.Cc1ccc(Oc2ccc(C(C)(C)C)cc2)cc1.Cc1ccc(Oc2ccc(N3C(=O)c4ccc(Oc5ccc6c(c5)C(=O)N(C)C6=O)cc4C3=O)cc2)cc1. The Kier molecular flexibility index (Phi) is 15.9. The lowest BCUT2D eigenvalue weighted by molar-refractivity contribution is 0.0677. The summed E-state index contributed by atoms with van der Waals surface area (Å²) in [5.41, 5.74) is 6.80. The molecule has 9 aromatic rings. The van der Waals surface area contributed by atoms with Crippen LogP contribution in [0, 0.1) is 20.8 Å². The number of hydrogen-bond acceptors (Lipinski definition) is 13. The van der Waals surface area contributed by atoms with Gasteiger partial charge in [0.1, 0.15) is 46.0 Å². The second-order valence-corrected chi connectivity index (χ2v) is 22.7. The third kappa shape index (κ3) is 11.9. The first-order valence-electron chi connectivity index (χ1n) is 28.3. The van der Waals surface area contributed by atoms with Crippen LogP contribution in [0.5, 0.6) is 46.0 Å². The van der Waals surface area contributed by atoms with E-state index in [0.29, 0.717) is 39.8 Å². The van der Waals surface area contributed by atoms with E-state index in [2.05, 4.69) is 52.0 Å². The third-order valence-electron chi connectivity index (χ3n) is 15.2. The number of rotatable bonds is 11. The van der Waals surface area contributed by atoms with Crippen LogP contribution in [0.3, 0.4) is 0 Å². The molecule has 0 aliphatic carbocycles. The molecule has 13 rings (SSSR count). The Hall–Kier alpha value is -11.8. The van der Waals surface area contributed by atoms with Gasteiger partial charge in [-0.2, -0.15) is 0 Å². The van der Waals surface area contributed by atoms with Crippen molar-refractivity contribution in [2.24, 2.45) is 0 Å². The fraction of sp³-hybridized carbons (Fsp3) is 0.125. The van der Waals surface area contributed by atoms with E-state index < -0.39 is 47.3 Å². The zero-order valence-electron chi connectivity index (χ0n) is 49.9. The molecule has 0 spiro atoms. The molecule has 4 aliphatic rings. The number of benzene rings is 9. The number of carboxylic acid groups (broad SMARTS) is 1. The lowest BCUT2D eigenvalue weighted by atomic mass is 9.87. The molecule has 0 atom stereocenters. The van der Waals surface area contributed by atoms with Crippen LogP contribution in [-0.4, -0.2) is 82.2 Å². The van der Waals surface area contributed by atoms with Crippen LogP contribution in [0.25, 0.3) is 0 Å². The second-order valence-electron chi connectivity index (χ2n) is 22.7. The molecule has 0 saturated carbocycles. The van der Waals surface area contributed by atoms with E-state index in [0.717, 1.165) is 36.7 Å². The normalized spacial score (nSPS) is 13.7. The zero-order chi connectivity index (χ0) is 64.0. The summed E-state index contributed by atoms with van der Waals surface area (Å²) in [5.74, 6) is -0.654. The minimum absolute atomic E-state index is 0.0362. The van der Waals surface area contributed by atoms with Crippen LogP contribution in [0.15, 0.2) is 188 Å². The molecule has 0 bridgehead atoms. The zero-order valence-corrected chi connectivity index (χ0v) is 49.9. The first kappa shape index (κ1) is 59.9. The Morgan fingerprint density at radius 2 is 0.611 bits per heavy atom. The molecule has 9 aromatic carbocycles. The summed E-state index contributed by atoms with van der Waals surface area (Å²) in [6.45, 7) is 12.4. The second kappa shape index (κ2) is 23.8. The number of amides is 8. The average molecular weight is 1200 g/mol. The van der Waals surface area contributed by atoms with Gasteiger partial charge in [0, 0.05) is 14.1 Å². The molecule has 18 nitrogen and oxygen atoms in total. The number of anilines is 2. The number of imide groups is 4. The largest absolute Gasteiger partial charge is 0.478 e. The van der Waals surface area contributed by atoms with Gasteiger partial charge in [-0.15, -0.1) is 0 Å². The summed E-state index contributed by atoms with van der Waals surface area (Å²) in [6.07, 6.45) is 0. The molecule has 1 N–H and O–H groups in total. The highest BCUT2D eigenvalue weighted by atomic mass is 16.5. The lowest BCUT2D eigenvalue weighted by Gasteiger charge is -2.19. The smallest absolute Gasteiger partial charge is 0.335 e. The minimum Gasteiger partial charge on any atom is -0.478 e. The highest BCUT2D eigenvalue weighted by Gasteiger charge is 2.40. The maximum Gasteiger partial charge on any atom is 0.335 e. The number of carboxylic acids is 1. The summed E-state index contributed by atoms with van der Waals surface area (Å²) < 4.78 is 23.3. The van der Waals surface area contributed by atoms with Gasteiger partial charge in [-0.05, 0) is 189 Å². The Balaban J connectivity index is 0.000000147. The Labute approximate surface area is 516 Å². The number of aromatic carboxylic acids is 1. The quantitative estimate of drug-likeness (QED) is 0.119. The first-order valence-corrected chi connectivity index (χ1v) is 28.3. The predicted octanol–water partition coefficient (Wildman–Crippen LogP) is 14.2. The van der Waals surface area contributed by atoms with Crippen molar-refractivity contribution in [3.8, 4) is 46.0 Å². The van der Waals surface area contributed by atoms with Gasteiger partial charge in [0.15, 0.2) is 0 Å². The maximum absolute atomic E-state index is 13.2. The highest BCUT2D eigenvalue weighted by Crippen LogP contribution is 2.38. The minimum atomic E-state index is -1.17. The molecule has 18 heteroatoms. The van der Waals surface area contributed by atoms with Crippen molar-refractivity contribution in [2.45, 2.75) is 47.0 Å². The number of ether oxygens (including phenoxy) is 4. The summed E-state index contributed by atoms with van der Waals surface area (Å²) in [7, 11) is 2.82. The van der Waals surface area contributed by atoms with Crippen LogP contribution >= 0.6 is 0 Å². The molecule has 4 heterocycles. The van der Waals surface area contributed by atoms with Gasteiger partial charge in [-0.1, -0.05) is 68.3 Å². The number of fused-ring (bicyclic) bond motifs is 4. The van der Waals surface area contributed by atoms with Crippen molar-refractivity contribution in [3.63, 3.8) is 0 Å².